The van der Waals surface area contributed by atoms with E-state index in [9.17, 15) is 0 Å². The Hall–Kier alpha value is -1.49. The van der Waals surface area contributed by atoms with Crippen LogP contribution in [0.4, 0.5) is 0 Å². The smallest absolute Gasteiger partial charge is 0.210 e. The zero-order valence-corrected chi connectivity index (χ0v) is 14.1. The van der Waals surface area contributed by atoms with E-state index in [1.54, 1.807) is 11.8 Å². The van der Waals surface area contributed by atoms with Gasteiger partial charge in [0.2, 0.25) is 5.16 Å². The van der Waals surface area contributed by atoms with Crippen LogP contribution in [0.5, 0.6) is 0 Å². The van der Waals surface area contributed by atoms with Gasteiger partial charge in [0.05, 0.1) is 6.04 Å². The van der Waals surface area contributed by atoms with Crippen LogP contribution in [0.25, 0.3) is 0 Å². The molecule has 0 bridgehead atoms. The first-order valence-electron chi connectivity index (χ1n) is 7.28. The number of nitrogens with one attached hydrogen (secondary N) is 1. The number of benzene rings is 1. The molecule has 2 heterocycles. The lowest BCUT2D eigenvalue weighted by Crippen LogP contribution is -2.32. The predicted octanol–water partition coefficient (Wildman–Crippen LogP) is 3.58. The fraction of sp³-hybridized carbons (Fsp3) is 0.500. The van der Waals surface area contributed by atoms with E-state index in [1.807, 2.05) is 0 Å². The van der Waals surface area contributed by atoms with Crippen LogP contribution < -0.4 is 5.43 Å². The van der Waals surface area contributed by atoms with E-state index in [2.05, 4.69) is 73.1 Å². The van der Waals surface area contributed by atoms with Gasteiger partial charge in [-0.1, -0.05) is 56.3 Å². The second kappa shape index (κ2) is 5.05. The van der Waals surface area contributed by atoms with E-state index >= 15 is 0 Å². The Labute approximate surface area is 130 Å². The summed E-state index contributed by atoms with van der Waals surface area (Å²) in [6, 6.07) is 6.93. The summed E-state index contributed by atoms with van der Waals surface area (Å²) < 4.78 is 2.07. The molecule has 4 nitrogen and oxygen atoms in total. The van der Waals surface area contributed by atoms with E-state index in [0.717, 1.165) is 16.7 Å². The van der Waals surface area contributed by atoms with Crippen LogP contribution >= 0.6 is 11.8 Å². The maximum absolute atomic E-state index is 4.37. The van der Waals surface area contributed by atoms with Crippen molar-refractivity contribution >= 4 is 11.8 Å². The molecule has 0 spiro atoms. The Balaban J connectivity index is 1.97. The van der Waals surface area contributed by atoms with Crippen molar-refractivity contribution in [2.75, 3.05) is 11.2 Å². The average Bonchev–Trinajstić information content (AvgIpc) is 2.84. The van der Waals surface area contributed by atoms with Crippen LogP contribution in [-0.4, -0.2) is 20.6 Å². The molecule has 2 aromatic rings. The molecule has 5 heteroatoms. The van der Waals surface area contributed by atoms with Gasteiger partial charge in [0.15, 0.2) is 5.82 Å². The molecule has 1 aromatic carbocycles. The van der Waals surface area contributed by atoms with Crippen LogP contribution in [-0.2, 0) is 5.41 Å². The van der Waals surface area contributed by atoms with Crippen molar-refractivity contribution in [2.24, 2.45) is 0 Å². The van der Waals surface area contributed by atoms with Gasteiger partial charge in [0.1, 0.15) is 0 Å². The largest absolute Gasteiger partial charge is 0.314 e. The number of hydrogen-bond acceptors (Lipinski definition) is 4. The van der Waals surface area contributed by atoms with Gasteiger partial charge in [0.25, 0.3) is 0 Å². The standard InChI is InChI=1S/C16H22N4S/c1-10-6-7-11(2)12(8-10)13-9-21-15-18-17-14(16(3,4)5)20(15)19-13/h6-8,13,19H,9H2,1-5H3. The summed E-state index contributed by atoms with van der Waals surface area (Å²) >= 11 is 1.77. The second-order valence-electron chi connectivity index (χ2n) is 6.74. The molecule has 3 rings (SSSR count). The third-order valence-corrected chi connectivity index (χ3v) is 4.80. The van der Waals surface area contributed by atoms with E-state index in [1.165, 1.54) is 16.7 Å². The zero-order chi connectivity index (χ0) is 15.2. The number of hydrogen-bond donors (Lipinski definition) is 1. The zero-order valence-electron chi connectivity index (χ0n) is 13.3. The topological polar surface area (TPSA) is 42.7 Å². The molecule has 0 amide bonds. The quantitative estimate of drug-likeness (QED) is 0.874. The van der Waals surface area contributed by atoms with Gasteiger partial charge in [-0.2, -0.15) is 0 Å². The van der Waals surface area contributed by atoms with Crippen molar-refractivity contribution in [1.29, 1.82) is 0 Å². The van der Waals surface area contributed by atoms with Crippen molar-refractivity contribution in [3.8, 4) is 0 Å². The van der Waals surface area contributed by atoms with Gasteiger partial charge in [-0.3, -0.25) is 0 Å². The lowest BCUT2D eigenvalue weighted by Gasteiger charge is -2.30. The summed E-state index contributed by atoms with van der Waals surface area (Å²) in [6.07, 6.45) is 0. The number of nitrogens with zero attached hydrogens (tertiary/aromatic N) is 3. The number of aryl methyl sites for hydroxylation is 2. The maximum atomic E-state index is 4.37. The highest BCUT2D eigenvalue weighted by molar-refractivity contribution is 7.99. The summed E-state index contributed by atoms with van der Waals surface area (Å²) in [5.74, 6) is 1.96. The second-order valence-corrected chi connectivity index (χ2v) is 7.73. The van der Waals surface area contributed by atoms with Crippen molar-refractivity contribution < 1.29 is 0 Å². The van der Waals surface area contributed by atoms with Gasteiger partial charge in [-0.25, -0.2) is 4.68 Å². The van der Waals surface area contributed by atoms with Crippen molar-refractivity contribution in [1.82, 2.24) is 14.9 Å². The molecule has 21 heavy (non-hydrogen) atoms. The number of rotatable bonds is 1. The normalized spacial score (nSPS) is 18.2. The van der Waals surface area contributed by atoms with Crippen LogP contribution in [0.1, 0.15) is 49.3 Å². The van der Waals surface area contributed by atoms with E-state index in [4.69, 9.17) is 0 Å². The molecule has 0 saturated carbocycles. The van der Waals surface area contributed by atoms with Gasteiger partial charge in [0, 0.05) is 11.2 Å². The minimum absolute atomic E-state index is 0.0254. The van der Waals surface area contributed by atoms with Gasteiger partial charge >= 0.3 is 0 Å². The predicted molar refractivity (Wildman–Crippen MR) is 87.5 cm³/mol. The SMILES string of the molecule is Cc1ccc(C)c(C2CSc3nnc(C(C)(C)C)n3N2)c1. The Bertz CT molecular complexity index is 669. The molecule has 0 radical (unpaired) electrons. The van der Waals surface area contributed by atoms with Crippen LogP contribution in [0.15, 0.2) is 23.4 Å². The third kappa shape index (κ3) is 2.67. The fourth-order valence-electron chi connectivity index (χ4n) is 2.61. The molecule has 1 aliphatic heterocycles. The van der Waals surface area contributed by atoms with E-state index in [-0.39, 0.29) is 5.41 Å². The molecule has 1 atom stereocenters. The van der Waals surface area contributed by atoms with Gasteiger partial charge < -0.3 is 5.43 Å². The monoisotopic (exact) mass is 302 g/mol. The van der Waals surface area contributed by atoms with Crippen molar-refractivity contribution in [3.05, 3.63) is 40.7 Å². The molecule has 0 fully saturated rings. The molecule has 112 valence electrons. The highest BCUT2D eigenvalue weighted by Crippen LogP contribution is 2.34. The average molecular weight is 302 g/mol. The Morgan fingerprint density at radius 1 is 1.24 bits per heavy atom. The Kier molecular flexibility index (Phi) is 3.48. The first-order valence-corrected chi connectivity index (χ1v) is 8.27. The summed E-state index contributed by atoms with van der Waals surface area (Å²) in [5, 5.41) is 9.63. The molecule has 1 N–H and O–H groups in total. The van der Waals surface area contributed by atoms with Gasteiger partial charge in [-0.05, 0) is 25.0 Å². The minimum atomic E-state index is -0.0254. The highest BCUT2D eigenvalue weighted by atomic mass is 32.2. The lowest BCUT2D eigenvalue weighted by atomic mass is 9.96. The third-order valence-electron chi connectivity index (χ3n) is 3.78. The maximum Gasteiger partial charge on any atom is 0.210 e. The molecular formula is C16H22N4S. The first kappa shape index (κ1) is 14.4. The Morgan fingerprint density at radius 2 is 2.00 bits per heavy atom. The lowest BCUT2D eigenvalue weighted by molar-refractivity contribution is 0.500. The summed E-state index contributed by atoms with van der Waals surface area (Å²) in [4.78, 5) is 0. The molecule has 0 saturated heterocycles. The number of fused-ring (bicyclic) bond motifs is 1. The summed E-state index contributed by atoms with van der Waals surface area (Å²) in [7, 11) is 0. The molecule has 0 aliphatic carbocycles. The first-order chi connectivity index (χ1) is 9.86. The molecule has 1 aromatic heterocycles. The van der Waals surface area contributed by atoms with Crippen LogP contribution in [0.2, 0.25) is 0 Å². The summed E-state index contributed by atoms with van der Waals surface area (Å²) in [6.45, 7) is 10.8. The van der Waals surface area contributed by atoms with E-state index in [0.29, 0.717) is 6.04 Å². The highest BCUT2D eigenvalue weighted by Gasteiger charge is 2.29. The fourth-order valence-corrected chi connectivity index (χ4v) is 3.55. The Morgan fingerprint density at radius 3 is 2.71 bits per heavy atom. The van der Waals surface area contributed by atoms with Crippen LogP contribution in [0.3, 0.4) is 0 Å². The van der Waals surface area contributed by atoms with Crippen molar-refractivity contribution in [3.63, 3.8) is 0 Å². The van der Waals surface area contributed by atoms with Gasteiger partial charge in [-0.15, -0.1) is 10.2 Å². The van der Waals surface area contributed by atoms with Crippen molar-refractivity contribution in [2.45, 2.75) is 51.2 Å². The molecule has 1 unspecified atom stereocenters. The van der Waals surface area contributed by atoms with E-state index < -0.39 is 0 Å². The summed E-state index contributed by atoms with van der Waals surface area (Å²) in [5.41, 5.74) is 7.57. The number of thioether (sulfide) groups is 1. The molecule has 1 aliphatic rings. The number of aromatic nitrogens is 3. The molecular weight excluding hydrogens is 280 g/mol. The minimum Gasteiger partial charge on any atom is -0.314 e. The van der Waals surface area contributed by atoms with Crippen LogP contribution in [0, 0.1) is 13.8 Å².